The van der Waals surface area contributed by atoms with E-state index < -0.39 is 5.97 Å². The lowest BCUT2D eigenvalue weighted by molar-refractivity contribution is -0.138. The number of nitrogens with zero attached hydrogens (tertiary/aromatic N) is 1. The Morgan fingerprint density at radius 1 is 1.00 bits per heavy atom. The molecule has 1 aromatic heterocycles. The molecule has 0 aliphatic heterocycles. The second-order valence-corrected chi connectivity index (χ2v) is 5.60. The summed E-state index contributed by atoms with van der Waals surface area (Å²) in [6.07, 6.45) is 11.8. The molecule has 0 saturated carbocycles. The second-order valence-electron chi connectivity index (χ2n) is 5.60. The van der Waals surface area contributed by atoms with Crippen molar-refractivity contribution < 1.29 is 19.8 Å². The number of rotatable bonds is 10. The van der Waals surface area contributed by atoms with Gasteiger partial charge in [-0.15, -0.1) is 4.73 Å². The fourth-order valence-corrected chi connectivity index (χ4v) is 2.26. The molecule has 0 fully saturated rings. The van der Waals surface area contributed by atoms with Crippen LogP contribution in [0.2, 0.25) is 0 Å². The van der Waals surface area contributed by atoms with Crippen molar-refractivity contribution in [3.63, 3.8) is 0 Å². The Morgan fingerprint density at radius 2 is 1.52 bits per heavy atom. The van der Waals surface area contributed by atoms with Gasteiger partial charge in [-0.2, -0.15) is 0 Å². The molecule has 5 nitrogen and oxygen atoms in total. The summed E-state index contributed by atoms with van der Waals surface area (Å²) in [6, 6.07) is 2.44. The van der Waals surface area contributed by atoms with E-state index in [0.717, 1.165) is 12.8 Å². The zero-order valence-electron chi connectivity index (χ0n) is 13.9. The van der Waals surface area contributed by atoms with Gasteiger partial charge in [-0.05, 0) is 6.42 Å². The highest BCUT2D eigenvalue weighted by molar-refractivity contribution is 5.88. The maximum Gasteiger partial charge on any atom is 0.409 e. The average molecular weight is 321 g/mol. The fraction of sp³-hybridized carbons (Fsp3) is 0.611. The summed E-state index contributed by atoms with van der Waals surface area (Å²) in [5, 5.41) is 18.6. The van der Waals surface area contributed by atoms with Gasteiger partial charge in [0.05, 0.1) is 0 Å². The summed E-state index contributed by atoms with van der Waals surface area (Å²) in [5.74, 6) is 3.60. The maximum atomic E-state index is 11.4. The van der Waals surface area contributed by atoms with E-state index in [-0.39, 0.29) is 11.8 Å². The number of aromatic nitrogens is 1. The van der Waals surface area contributed by atoms with Crippen LogP contribution in [0.15, 0.2) is 12.1 Å². The molecule has 23 heavy (non-hydrogen) atoms. The topological polar surface area (TPSA) is 71.7 Å². The molecule has 0 aliphatic carbocycles. The number of carbonyl (C=O) groups is 1. The zero-order chi connectivity index (χ0) is 16.9. The van der Waals surface area contributed by atoms with Crippen LogP contribution in [0, 0.1) is 11.8 Å². The quantitative estimate of drug-likeness (QED) is 0.508. The summed E-state index contributed by atoms with van der Waals surface area (Å²) in [4.78, 5) is 16.1. The normalized spacial score (nSPS) is 10.1. The first kappa shape index (κ1) is 19.0. The summed E-state index contributed by atoms with van der Waals surface area (Å²) in [5.41, 5.74) is 0. The van der Waals surface area contributed by atoms with Gasteiger partial charge in [0.15, 0.2) is 0 Å². The molecule has 0 saturated heterocycles. The van der Waals surface area contributed by atoms with Crippen LogP contribution < -0.4 is 4.84 Å². The lowest BCUT2D eigenvalue weighted by atomic mass is 10.1. The van der Waals surface area contributed by atoms with E-state index >= 15 is 0 Å². The van der Waals surface area contributed by atoms with Crippen molar-refractivity contribution in [2.45, 2.75) is 71.1 Å². The van der Waals surface area contributed by atoms with Crippen molar-refractivity contribution in [1.82, 2.24) is 4.73 Å². The van der Waals surface area contributed by atoms with Crippen LogP contribution in [0.25, 0.3) is 0 Å². The Hall–Kier alpha value is -2.09. The minimum absolute atomic E-state index is 0.350. The molecule has 128 valence electrons. The third-order valence-corrected chi connectivity index (χ3v) is 3.57. The monoisotopic (exact) mass is 321 g/mol. The van der Waals surface area contributed by atoms with Gasteiger partial charge in [-0.25, -0.2) is 4.79 Å². The van der Waals surface area contributed by atoms with Crippen LogP contribution in [-0.4, -0.2) is 20.9 Å². The molecule has 0 radical (unpaired) electrons. The molecule has 1 heterocycles. The lowest BCUT2D eigenvalue weighted by Gasteiger charge is -2.02. The summed E-state index contributed by atoms with van der Waals surface area (Å²) < 4.78 is 0.634. The highest BCUT2D eigenvalue weighted by Gasteiger charge is 2.09. The summed E-state index contributed by atoms with van der Waals surface area (Å²) in [7, 11) is 0. The molecule has 0 bridgehead atoms. The molecule has 5 heteroatoms. The first-order valence-electron chi connectivity index (χ1n) is 8.46. The molecule has 1 rings (SSSR count). The highest BCUT2D eigenvalue weighted by Crippen LogP contribution is 2.18. The fourth-order valence-electron chi connectivity index (χ4n) is 2.26. The van der Waals surface area contributed by atoms with E-state index in [0.29, 0.717) is 11.2 Å². The molecule has 1 aromatic rings. The molecule has 0 unspecified atom stereocenters. The summed E-state index contributed by atoms with van der Waals surface area (Å²) in [6.45, 7) is 2.22. The Balaban J connectivity index is 2.06. The number of carbonyl (C=O) groups excluding carboxylic acids is 1. The van der Waals surface area contributed by atoms with E-state index in [9.17, 15) is 15.0 Å². The van der Waals surface area contributed by atoms with Crippen LogP contribution in [0.3, 0.4) is 0 Å². The first-order valence-corrected chi connectivity index (χ1v) is 8.46. The molecule has 2 N–H and O–H groups in total. The van der Waals surface area contributed by atoms with Crippen molar-refractivity contribution in [2.24, 2.45) is 0 Å². The first-order chi connectivity index (χ1) is 11.1. The Morgan fingerprint density at radius 3 is 2.09 bits per heavy atom. The molecule has 0 spiro atoms. The smallest absolute Gasteiger partial charge is 0.409 e. The van der Waals surface area contributed by atoms with Crippen LogP contribution in [-0.2, 0) is 4.79 Å². The number of hydrogen-bond acceptors (Lipinski definition) is 4. The van der Waals surface area contributed by atoms with Crippen molar-refractivity contribution in [2.75, 3.05) is 0 Å². The summed E-state index contributed by atoms with van der Waals surface area (Å²) >= 11 is 0. The number of unbranched alkanes of at least 4 members (excludes halogenated alkanes) is 9. The molecular weight excluding hydrogens is 294 g/mol. The van der Waals surface area contributed by atoms with Crippen molar-refractivity contribution in [3.05, 3.63) is 12.1 Å². The molecular formula is C18H27NO4. The number of hydrogen-bond donors (Lipinski definition) is 2. The van der Waals surface area contributed by atoms with Crippen LogP contribution >= 0.6 is 0 Å². The average Bonchev–Trinajstić information content (AvgIpc) is 2.84. The predicted octanol–water partition coefficient (Wildman–Crippen LogP) is 3.78. The second kappa shape index (κ2) is 11.5. The van der Waals surface area contributed by atoms with E-state index in [1.54, 1.807) is 0 Å². The SMILES string of the molecule is CCCCCCCCCCCC#CC(=O)On1c(O)ccc1O. The van der Waals surface area contributed by atoms with Crippen LogP contribution in [0.4, 0.5) is 0 Å². The van der Waals surface area contributed by atoms with Gasteiger partial charge < -0.3 is 15.1 Å². The highest BCUT2D eigenvalue weighted by atomic mass is 16.7. The molecule has 0 aliphatic rings. The lowest BCUT2D eigenvalue weighted by Crippen LogP contribution is -2.16. The van der Waals surface area contributed by atoms with E-state index in [1.165, 1.54) is 57.1 Å². The van der Waals surface area contributed by atoms with Crippen molar-refractivity contribution >= 4 is 5.97 Å². The third-order valence-electron chi connectivity index (χ3n) is 3.57. The van der Waals surface area contributed by atoms with Crippen LogP contribution in [0.1, 0.15) is 71.1 Å². The van der Waals surface area contributed by atoms with Gasteiger partial charge in [0.2, 0.25) is 11.8 Å². The minimum atomic E-state index is -0.803. The van der Waals surface area contributed by atoms with Crippen molar-refractivity contribution in [1.29, 1.82) is 0 Å². The number of aromatic hydroxyl groups is 2. The van der Waals surface area contributed by atoms with Gasteiger partial charge in [-0.1, -0.05) is 64.2 Å². The Labute approximate surface area is 138 Å². The van der Waals surface area contributed by atoms with Gasteiger partial charge in [-0.3, -0.25) is 0 Å². The minimum Gasteiger partial charge on any atom is -0.492 e. The van der Waals surface area contributed by atoms with E-state index in [1.807, 2.05) is 0 Å². The Kier molecular flexibility index (Phi) is 9.46. The third kappa shape index (κ3) is 8.20. The standard InChI is InChI=1S/C18H27NO4/c1-2-3-4-5-6-7-8-9-10-11-12-13-18(22)23-19-16(20)14-15-17(19)21/h14-15,20-21H,2-11H2,1H3. The predicted molar refractivity (Wildman–Crippen MR) is 89.0 cm³/mol. The van der Waals surface area contributed by atoms with Gasteiger partial charge in [0, 0.05) is 24.5 Å². The van der Waals surface area contributed by atoms with Gasteiger partial charge in [0.1, 0.15) is 0 Å². The largest absolute Gasteiger partial charge is 0.492 e. The van der Waals surface area contributed by atoms with Gasteiger partial charge in [0.25, 0.3) is 0 Å². The van der Waals surface area contributed by atoms with Crippen molar-refractivity contribution in [3.8, 4) is 23.6 Å². The molecule has 0 atom stereocenters. The van der Waals surface area contributed by atoms with Crippen LogP contribution in [0.5, 0.6) is 11.8 Å². The van der Waals surface area contributed by atoms with Gasteiger partial charge >= 0.3 is 5.97 Å². The maximum absolute atomic E-state index is 11.4. The van der Waals surface area contributed by atoms with E-state index in [2.05, 4.69) is 18.8 Å². The molecule has 0 amide bonds. The molecule has 0 aromatic carbocycles. The Bertz CT molecular complexity index is 505. The zero-order valence-corrected chi connectivity index (χ0v) is 13.9. The van der Waals surface area contributed by atoms with E-state index in [4.69, 9.17) is 4.84 Å².